The number of thiazole rings is 1. The van der Waals surface area contributed by atoms with E-state index in [1.54, 1.807) is 35.5 Å². The number of fused-ring (bicyclic) bond motifs is 1. The van der Waals surface area contributed by atoms with Crippen LogP contribution in [-0.2, 0) is 6.54 Å². The second-order valence-corrected chi connectivity index (χ2v) is 6.74. The average Bonchev–Trinajstić information content (AvgIpc) is 3.10. The summed E-state index contributed by atoms with van der Waals surface area (Å²) in [5.74, 6) is -0.477. The van der Waals surface area contributed by atoms with E-state index in [9.17, 15) is 9.18 Å². The average molecular weight is 363 g/mol. The summed E-state index contributed by atoms with van der Waals surface area (Å²) in [6.45, 7) is 0.337. The lowest BCUT2D eigenvalue weighted by molar-refractivity contribution is 0.0985. The van der Waals surface area contributed by atoms with Crippen LogP contribution in [0.2, 0.25) is 0 Å². The van der Waals surface area contributed by atoms with E-state index in [0.29, 0.717) is 27.5 Å². The number of carbonyl (C=O) groups is 1. The van der Waals surface area contributed by atoms with Gasteiger partial charge in [-0.3, -0.25) is 14.7 Å². The van der Waals surface area contributed by atoms with E-state index >= 15 is 0 Å². The summed E-state index contributed by atoms with van der Waals surface area (Å²) in [6.07, 6.45) is 3.41. The van der Waals surface area contributed by atoms with E-state index in [1.165, 1.54) is 23.5 Å². The van der Waals surface area contributed by atoms with Crippen molar-refractivity contribution in [3.8, 4) is 0 Å². The van der Waals surface area contributed by atoms with Crippen molar-refractivity contribution in [1.82, 2.24) is 9.97 Å². The molecule has 0 saturated heterocycles. The highest BCUT2D eigenvalue weighted by Gasteiger charge is 2.21. The minimum Gasteiger partial charge on any atom is -0.279 e. The molecule has 0 N–H and O–H groups in total. The second-order valence-electron chi connectivity index (χ2n) is 5.73. The fraction of sp³-hybridized carbons (Fsp3) is 0.0500. The number of benzene rings is 2. The van der Waals surface area contributed by atoms with Crippen LogP contribution in [0.4, 0.5) is 9.52 Å². The van der Waals surface area contributed by atoms with E-state index in [1.807, 2.05) is 30.3 Å². The van der Waals surface area contributed by atoms with Gasteiger partial charge in [0.2, 0.25) is 0 Å². The Bertz CT molecular complexity index is 1050. The molecule has 128 valence electrons. The van der Waals surface area contributed by atoms with Crippen LogP contribution in [0.15, 0.2) is 73.1 Å². The number of amides is 1. The molecule has 2 heterocycles. The van der Waals surface area contributed by atoms with Gasteiger partial charge in [-0.2, -0.15) is 0 Å². The van der Waals surface area contributed by atoms with E-state index in [2.05, 4.69) is 9.97 Å². The molecule has 0 fully saturated rings. The molecule has 6 heteroatoms. The largest absolute Gasteiger partial charge is 0.279 e. The van der Waals surface area contributed by atoms with E-state index in [4.69, 9.17) is 0 Å². The quantitative estimate of drug-likeness (QED) is 0.529. The fourth-order valence-corrected chi connectivity index (χ4v) is 3.63. The highest BCUT2D eigenvalue weighted by Crippen LogP contribution is 2.31. The van der Waals surface area contributed by atoms with Crippen molar-refractivity contribution >= 4 is 32.6 Å². The number of nitrogens with zero attached hydrogens (tertiary/aromatic N) is 3. The molecule has 0 aliphatic rings. The van der Waals surface area contributed by atoms with Crippen molar-refractivity contribution in [2.45, 2.75) is 6.54 Å². The summed E-state index contributed by atoms with van der Waals surface area (Å²) < 4.78 is 14.2. The van der Waals surface area contributed by atoms with Gasteiger partial charge in [0, 0.05) is 18.0 Å². The molecular weight excluding hydrogens is 349 g/mol. The summed E-state index contributed by atoms with van der Waals surface area (Å²) in [5, 5.41) is 0.531. The second kappa shape index (κ2) is 7.01. The van der Waals surface area contributed by atoms with Crippen molar-refractivity contribution in [3.05, 3.63) is 90.0 Å². The van der Waals surface area contributed by atoms with Crippen LogP contribution in [0.25, 0.3) is 10.2 Å². The molecule has 0 radical (unpaired) electrons. The first-order valence-electron chi connectivity index (χ1n) is 8.02. The van der Waals surface area contributed by atoms with E-state index in [-0.39, 0.29) is 11.7 Å². The molecule has 0 bridgehead atoms. The molecule has 0 aliphatic carbocycles. The number of aromatic nitrogens is 2. The summed E-state index contributed by atoms with van der Waals surface area (Å²) in [7, 11) is 0. The third kappa shape index (κ3) is 3.32. The van der Waals surface area contributed by atoms with Crippen molar-refractivity contribution in [1.29, 1.82) is 0 Å². The summed E-state index contributed by atoms with van der Waals surface area (Å²) >= 11 is 1.30. The normalized spacial score (nSPS) is 10.8. The van der Waals surface area contributed by atoms with Crippen molar-refractivity contribution in [2.24, 2.45) is 0 Å². The van der Waals surface area contributed by atoms with Gasteiger partial charge in [0.1, 0.15) is 5.82 Å². The molecule has 0 spiro atoms. The maximum Gasteiger partial charge on any atom is 0.260 e. The number of hydrogen-bond acceptors (Lipinski definition) is 4. The lowest BCUT2D eigenvalue weighted by atomic mass is 10.2. The molecule has 1 amide bonds. The van der Waals surface area contributed by atoms with Gasteiger partial charge in [-0.15, -0.1) is 0 Å². The molecular formula is C20H14FN3OS. The van der Waals surface area contributed by atoms with Gasteiger partial charge in [0.05, 0.1) is 16.8 Å². The van der Waals surface area contributed by atoms with E-state index < -0.39 is 0 Å². The molecule has 4 nitrogen and oxygen atoms in total. The Morgan fingerprint density at radius 2 is 1.92 bits per heavy atom. The molecule has 26 heavy (non-hydrogen) atoms. The van der Waals surface area contributed by atoms with Crippen LogP contribution in [0, 0.1) is 5.82 Å². The third-order valence-corrected chi connectivity index (χ3v) is 4.94. The van der Waals surface area contributed by atoms with Crippen molar-refractivity contribution in [2.75, 3.05) is 4.90 Å². The van der Waals surface area contributed by atoms with Gasteiger partial charge in [0.25, 0.3) is 5.91 Å². The Hall–Kier alpha value is -3.12. The highest BCUT2D eigenvalue weighted by molar-refractivity contribution is 7.22. The summed E-state index contributed by atoms with van der Waals surface area (Å²) in [4.78, 5) is 23.3. The lowest BCUT2D eigenvalue weighted by Gasteiger charge is -2.20. The topological polar surface area (TPSA) is 46.1 Å². The number of rotatable bonds is 4. The van der Waals surface area contributed by atoms with Crippen LogP contribution < -0.4 is 4.90 Å². The molecule has 0 unspecified atom stereocenters. The summed E-state index contributed by atoms with van der Waals surface area (Å²) in [5.41, 5.74) is 2.13. The van der Waals surface area contributed by atoms with Crippen LogP contribution >= 0.6 is 11.3 Å². The Kier molecular flexibility index (Phi) is 4.41. The van der Waals surface area contributed by atoms with Gasteiger partial charge in [-0.05, 0) is 42.0 Å². The van der Waals surface area contributed by atoms with Crippen LogP contribution in [-0.4, -0.2) is 15.9 Å². The minimum absolute atomic E-state index is 0.158. The first kappa shape index (κ1) is 16.4. The van der Waals surface area contributed by atoms with Crippen molar-refractivity contribution in [3.63, 3.8) is 0 Å². The van der Waals surface area contributed by atoms with Gasteiger partial charge in [0.15, 0.2) is 5.13 Å². The fourth-order valence-electron chi connectivity index (χ4n) is 2.64. The summed E-state index contributed by atoms with van der Waals surface area (Å²) in [6, 6.07) is 17.2. The molecule has 0 saturated carbocycles. The highest BCUT2D eigenvalue weighted by atomic mass is 32.1. The Morgan fingerprint density at radius 3 is 2.69 bits per heavy atom. The standard InChI is InChI=1S/C20H14FN3OS/c21-16-8-9-17-18(11-16)26-20(23-17)24(13-14-5-4-10-22-12-14)19(25)15-6-2-1-3-7-15/h1-12H,13H2. The monoisotopic (exact) mass is 363 g/mol. The number of hydrogen-bond donors (Lipinski definition) is 0. The van der Waals surface area contributed by atoms with Gasteiger partial charge < -0.3 is 0 Å². The molecule has 4 aromatic rings. The molecule has 0 atom stereocenters. The van der Waals surface area contributed by atoms with Gasteiger partial charge in [-0.25, -0.2) is 9.37 Å². The van der Waals surface area contributed by atoms with Gasteiger partial charge >= 0.3 is 0 Å². The number of anilines is 1. The van der Waals surface area contributed by atoms with Crippen molar-refractivity contribution < 1.29 is 9.18 Å². The maximum absolute atomic E-state index is 13.5. The zero-order valence-electron chi connectivity index (χ0n) is 13.7. The predicted molar refractivity (Wildman–Crippen MR) is 101 cm³/mol. The number of pyridine rings is 1. The zero-order valence-corrected chi connectivity index (χ0v) is 14.5. The van der Waals surface area contributed by atoms with Gasteiger partial charge in [-0.1, -0.05) is 35.6 Å². The smallest absolute Gasteiger partial charge is 0.260 e. The van der Waals surface area contributed by atoms with Crippen LogP contribution in [0.3, 0.4) is 0 Å². The molecule has 0 aliphatic heterocycles. The molecule has 2 aromatic heterocycles. The Labute approximate surface area is 153 Å². The Balaban J connectivity index is 1.77. The minimum atomic E-state index is -0.319. The SMILES string of the molecule is O=C(c1ccccc1)N(Cc1cccnc1)c1nc2ccc(F)cc2s1. The zero-order chi connectivity index (χ0) is 17.9. The molecule has 2 aromatic carbocycles. The molecule has 4 rings (SSSR count). The predicted octanol–water partition coefficient (Wildman–Crippen LogP) is 4.68. The maximum atomic E-state index is 13.5. The first-order chi connectivity index (χ1) is 12.7. The number of halogens is 1. The van der Waals surface area contributed by atoms with Crippen LogP contribution in [0.1, 0.15) is 15.9 Å². The third-order valence-electron chi connectivity index (χ3n) is 3.90. The van der Waals surface area contributed by atoms with E-state index in [0.717, 1.165) is 5.56 Å². The Morgan fingerprint density at radius 1 is 1.08 bits per heavy atom. The number of carbonyl (C=O) groups excluding carboxylic acids is 1. The van der Waals surface area contributed by atoms with Crippen LogP contribution in [0.5, 0.6) is 0 Å². The first-order valence-corrected chi connectivity index (χ1v) is 8.84. The lowest BCUT2D eigenvalue weighted by Crippen LogP contribution is -2.30.